The first kappa shape index (κ1) is 15.7. The van der Waals surface area contributed by atoms with Crippen molar-refractivity contribution < 1.29 is 4.43 Å². The van der Waals surface area contributed by atoms with Crippen molar-refractivity contribution in [2.75, 3.05) is 0 Å². The molecule has 0 aliphatic heterocycles. The minimum atomic E-state index is -1.66. The maximum atomic E-state index is 6.31. The molecule has 0 bridgehead atoms. The van der Waals surface area contributed by atoms with Crippen LogP contribution in [0.4, 0.5) is 0 Å². The van der Waals surface area contributed by atoms with E-state index in [1.54, 1.807) is 0 Å². The number of rotatable bonds is 5. The monoisotopic (exact) mass is 240 g/mol. The first-order valence-corrected chi connectivity index (χ1v) is 9.25. The van der Waals surface area contributed by atoms with Crippen LogP contribution < -0.4 is 0 Å². The zero-order valence-electron chi connectivity index (χ0n) is 12.1. The molecular formula is C14H28OSi. The Morgan fingerprint density at radius 3 is 2.19 bits per heavy atom. The molecule has 0 aromatic rings. The van der Waals surface area contributed by atoms with E-state index in [0.29, 0.717) is 0 Å². The molecule has 0 heterocycles. The maximum Gasteiger partial charge on any atom is 0.193 e. The average Bonchev–Trinajstić information content (AvgIpc) is 2.12. The fourth-order valence-corrected chi connectivity index (χ4v) is 2.49. The van der Waals surface area contributed by atoms with Crippen LogP contribution in [0.2, 0.25) is 18.1 Å². The lowest BCUT2D eigenvalue weighted by Crippen LogP contribution is -2.43. The lowest BCUT2D eigenvalue weighted by molar-refractivity contribution is 0.220. The first-order valence-electron chi connectivity index (χ1n) is 6.34. The van der Waals surface area contributed by atoms with Gasteiger partial charge in [0.2, 0.25) is 0 Å². The first-order chi connectivity index (χ1) is 7.24. The van der Waals surface area contributed by atoms with E-state index in [1.807, 2.05) is 6.92 Å². The summed E-state index contributed by atoms with van der Waals surface area (Å²) in [5.74, 6) is 6.21. The molecule has 2 heteroatoms. The van der Waals surface area contributed by atoms with Crippen molar-refractivity contribution in [3.05, 3.63) is 0 Å². The van der Waals surface area contributed by atoms with Crippen molar-refractivity contribution in [3.8, 4) is 11.8 Å². The van der Waals surface area contributed by atoms with Gasteiger partial charge in [-0.2, -0.15) is 0 Å². The smallest absolute Gasteiger partial charge is 0.193 e. The van der Waals surface area contributed by atoms with Crippen LogP contribution in [0, 0.1) is 11.8 Å². The van der Waals surface area contributed by atoms with Crippen LogP contribution in [-0.2, 0) is 4.43 Å². The Morgan fingerprint density at radius 2 is 1.81 bits per heavy atom. The van der Waals surface area contributed by atoms with Crippen molar-refractivity contribution in [3.63, 3.8) is 0 Å². The molecule has 0 fully saturated rings. The van der Waals surface area contributed by atoms with Gasteiger partial charge in [0.15, 0.2) is 8.32 Å². The molecule has 0 amide bonds. The van der Waals surface area contributed by atoms with Crippen molar-refractivity contribution in [1.29, 1.82) is 0 Å². The lowest BCUT2D eigenvalue weighted by Gasteiger charge is -2.38. The molecule has 16 heavy (non-hydrogen) atoms. The molecule has 0 aromatic heterocycles. The third kappa shape index (κ3) is 5.18. The topological polar surface area (TPSA) is 9.23 Å². The molecule has 0 aromatic carbocycles. The van der Waals surface area contributed by atoms with Crippen LogP contribution >= 0.6 is 0 Å². The Labute approximate surface area is 103 Å². The van der Waals surface area contributed by atoms with Gasteiger partial charge in [0.05, 0.1) is 0 Å². The summed E-state index contributed by atoms with van der Waals surface area (Å²) in [6.07, 6.45) is 3.63. The summed E-state index contributed by atoms with van der Waals surface area (Å²) in [6.45, 7) is 15.5. The largest absolute Gasteiger partial charge is 0.403 e. The van der Waals surface area contributed by atoms with E-state index in [4.69, 9.17) is 4.43 Å². The highest BCUT2D eigenvalue weighted by Gasteiger charge is 2.38. The minimum absolute atomic E-state index is 0.144. The highest BCUT2D eigenvalue weighted by Crippen LogP contribution is 2.37. The Bertz CT molecular complexity index is 252. The molecule has 1 atom stereocenters. The summed E-state index contributed by atoms with van der Waals surface area (Å²) in [4.78, 5) is 0. The molecular weight excluding hydrogens is 212 g/mol. The van der Waals surface area contributed by atoms with Crippen LogP contribution in [0.15, 0.2) is 0 Å². The van der Waals surface area contributed by atoms with Crippen LogP contribution in [0.25, 0.3) is 0 Å². The Balaban J connectivity index is 4.53. The SMILES string of the molecule is CC#CC(CCCC)O[Si](C)(C)C(C)(C)C. The van der Waals surface area contributed by atoms with Crippen molar-refractivity contribution in [2.24, 2.45) is 0 Å². The molecule has 1 unspecified atom stereocenters. The average molecular weight is 240 g/mol. The fourth-order valence-electron chi connectivity index (χ4n) is 1.24. The molecule has 0 N–H and O–H groups in total. The Morgan fingerprint density at radius 1 is 1.25 bits per heavy atom. The van der Waals surface area contributed by atoms with Crippen molar-refractivity contribution in [2.45, 2.75) is 78.1 Å². The maximum absolute atomic E-state index is 6.31. The lowest BCUT2D eigenvalue weighted by atomic mass is 10.2. The van der Waals surface area contributed by atoms with E-state index in [9.17, 15) is 0 Å². The molecule has 0 radical (unpaired) electrons. The van der Waals surface area contributed by atoms with E-state index in [1.165, 1.54) is 12.8 Å². The molecule has 0 saturated heterocycles. The second kappa shape index (κ2) is 6.47. The highest BCUT2D eigenvalue weighted by atomic mass is 28.4. The third-order valence-electron chi connectivity index (χ3n) is 3.37. The predicted molar refractivity (Wildman–Crippen MR) is 75.0 cm³/mol. The van der Waals surface area contributed by atoms with Gasteiger partial charge in [0.1, 0.15) is 6.10 Å². The summed E-state index contributed by atoms with van der Waals surface area (Å²) in [5.41, 5.74) is 0. The zero-order chi connectivity index (χ0) is 12.8. The van der Waals surface area contributed by atoms with Crippen LogP contribution in [-0.4, -0.2) is 14.4 Å². The summed E-state index contributed by atoms with van der Waals surface area (Å²) < 4.78 is 6.31. The van der Waals surface area contributed by atoms with Gasteiger partial charge in [-0.3, -0.25) is 0 Å². The van der Waals surface area contributed by atoms with E-state index < -0.39 is 8.32 Å². The second-order valence-corrected chi connectivity index (χ2v) is 10.7. The van der Waals surface area contributed by atoms with Gasteiger partial charge < -0.3 is 4.43 Å². The van der Waals surface area contributed by atoms with Crippen molar-refractivity contribution >= 4 is 8.32 Å². The Hall–Kier alpha value is -0.263. The molecule has 0 spiro atoms. The normalized spacial score (nSPS) is 14.2. The fraction of sp³-hybridized carbons (Fsp3) is 0.857. The summed E-state index contributed by atoms with van der Waals surface area (Å²) in [5, 5.41) is 0.271. The van der Waals surface area contributed by atoms with Crippen molar-refractivity contribution in [1.82, 2.24) is 0 Å². The third-order valence-corrected chi connectivity index (χ3v) is 7.85. The van der Waals surface area contributed by atoms with Gasteiger partial charge in [-0.05, 0) is 31.5 Å². The van der Waals surface area contributed by atoms with Gasteiger partial charge in [0, 0.05) is 0 Å². The summed E-state index contributed by atoms with van der Waals surface area (Å²) in [6, 6.07) is 0. The molecule has 0 rings (SSSR count). The summed E-state index contributed by atoms with van der Waals surface area (Å²) >= 11 is 0. The second-order valence-electron chi connectivity index (χ2n) is 5.90. The van der Waals surface area contributed by atoms with E-state index in [-0.39, 0.29) is 11.1 Å². The Kier molecular flexibility index (Phi) is 6.36. The van der Waals surface area contributed by atoms with E-state index in [2.05, 4.69) is 52.6 Å². The van der Waals surface area contributed by atoms with Crippen LogP contribution in [0.5, 0.6) is 0 Å². The quantitative estimate of drug-likeness (QED) is 0.504. The molecule has 0 saturated carbocycles. The van der Waals surface area contributed by atoms with Gasteiger partial charge in [-0.25, -0.2) is 0 Å². The minimum Gasteiger partial charge on any atom is -0.403 e. The van der Waals surface area contributed by atoms with Gasteiger partial charge in [-0.1, -0.05) is 46.5 Å². The molecule has 0 aliphatic rings. The van der Waals surface area contributed by atoms with Crippen LogP contribution in [0.3, 0.4) is 0 Å². The summed E-state index contributed by atoms with van der Waals surface area (Å²) in [7, 11) is -1.66. The van der Waals surface area contributed by atoms with Gasteiger partial charge >= 0.3 is 0 Å². The number of hydrogen-bond acceptors (Lipinski definition) is 1. The molecule has 1 nitrogen and oxygen atoms in total. The number of unbranched alkanes of at least 4 members (excludes halogenated alkanes) is 1. The standard InChI is InChI=1S/C14H28OSi/c1-8-10-12-13(11-9-2)15-16(6,7)14(3,4)5/h13H,8,10,12H2,1-7H3. The van der Waals surface area contributed by atoms with Gasteiger partial charge in [0.25, 0.3) is 0 Å². The predicted octanol–water partition coefficient (Wildman–Crippen LogP) is 4.59. The molecule has 94 valence electrons. The zero-order valence-corrected chi connectivity index (χ0v) is 13.1. The molecule has 0 aliphatic carbocycles. The highest BCUT2D eigenvalue weighted by molar-refractivity contribution is 6.74. The van der Waals surface area contributed by atoms with E-state index in [0.717, 1.165) is 6.42 Å². The number of hydrogen-bond donors (Lipinski definition) is 0. The van der Waals surface area contributed by atoms with Crippen LogP contribution in [0.1, 0.15) is 53.9 Å². The van der Waals surface area contributed by atoms with E-state index >= 15 is 0 Å². The van der Waals surface area contributed by atoms with Gasteiger partial charge in [-0.15, -0.1) is 5.92 Å².